The van der Waals surface area contributed by atoms with Gasteiger partial charge in [0.2, 0.25) is 0 Å². The normalized spacial score (nSPS) is 16.3. The van der Waals surface area contributed by atoms with E-state index in [1.165, 1.54) is 18.5 Å². The van der Waals surface area contributed by atoms with Crippen LogP contribution in [-0.4, -0.2) is 63.1 Å². The smallest absolute Gasteiger partial charge is 0.274 e. The molecule has 0 radical (unpaired) electrons. The van der Waals surface area contributed by atoms with Crippen molar-refractivity contribution >= 4 is 12.2 Å². The van der Waals surface area contributed by atoms with Crippen molar-refractivity contribution in [1.82, 2.24) is 14.9 Å². The minimum atomic E-state index is -0.246. The van der Waals surface area contributed by atoms with Crippen LogP contribution in [0.1, 0.15) is 39.4 Å². The van der Waals surface area contributed by atoms with E-state index in [0.717, 1.165) is 12.8 Å². The zero-order chi connectivity index (χ0) is 19.2. The van der Waals surface area contributed by atoms with Crippen molar-refractivity contribution in [2.45, 2.75) is 25.3 Å². The van der Waals surface area contributed by atoms with Crippen molar-refractivity contribution in [3.8, 4) is 11.5 Å². The summed E-state index contributed by atoms with van der Waals surface area (Å²) >= 11 is 0. The summed E-state index contributed by atoms with van der Waals surface area (Å²) in [6.07, 6.45) is 5.35. The zero-order valence-corrected chi connectivity index (χ0v) is 14.7. The number of aldehydes is 1. The predicted molar refractivity (Wildman–Crippen MR) is 95.9 cm³/mol. The largest absolute Gasteiger partial charge is 0.507 e. The number of phenols is 1. The Morgan fingerprint density at radius 2 is 2.15 bits per heavy atom. The number of hydrogen-bond donors (Lipinski definition) is 2. The summed E-state index contributed by atoms with van der Waals surface area (Å²) in [5.41, 5.74) is 0.796. The van der Waals surface area contributed by atoms with Crippen LogP contribution in [0.5, 0.6) is 11.5 Å². The van der Waals surface area contributed by atoms with Gasteiger partial charge in [-0.15, -0.1) is 0 Å². The minimum absolute atomic E-state index is 0.0903. The fraction of sp³-hybridized carbons (Fsp3) is 0.368. The van der Waals surface area contributed by atoms with Crippen LogP contribution in [0.2, 0.25) is 0 Å². The molecule has 1 aliphatic heterocycles. The Bertz CT molecular complexity index is 827. The van der Waals surface area contributed by atoms with E-state index in [-0.39, 0.29) is 54.3 Å². The van der Waals surface area contributed by atoms with Gasteiger partial charge in [0.25, 0.3) is 5.91 Å². The highest BCUT2D eigenvalue weighted by atomic mass is 16.5. The number of amides is 1. The molecule has 1 aromatic carbocycles. The second-order valence-corrected chi connectivity index (χ2v) is 6.24. The van der Waals surface area contributed by atoms with Gasteiger partial charge in [-0.2, -0.15) is 0 Å². The lowest BCUT2D eigenvalue weighted by Crippen LogP contribution is -2.40. The van der Waals surface area contributed by atoms with Gasteiger partial charge in [-0.1, -0.05) is 6.07 Å². The molecule has 2 heterocycles. The van der Waals surface area contributed by atoms with Crippen LogP contribution in [0.4, 0.5) is 0 Å². The number of rotatable bonds is 7. The number of carbonyl (C=O) groups excluding carboxylic acids is 2. The molecule has 27 heavy (non-hydrogen) atoms. The van der Waals surface area contributed by atoms with Crippen LogP contribution in [-0.2, 0) is 6.42 Å². The van der Waals surface area contributed by atoms with Gasteiger partial charge in [-0.25, -0.2) is 4.98 Å². The first-order chi connectivity index (χ1) is 13.2. The van der Waals surface area contributed by atoms with Crippen molar-refractivity contribution in [2.75, 3.05) is 19.8 Å². The monoisotopic (exact) mass is 371 g/mol. The molecule has 2 aromatic rings. The quantitative estimate of drug-likeness (QED) is 0.704. The molecule has 1 aliphatic rings. The maximum atomic E-state index is 12.9. The maximum absolute atomic E-state index is 12.9. The second kappa shape index (κ2) is 8.59. The number of aliphatic hydroxyl groups is 1. The van der Waals surface area contributed by atoms with E-state index >= 15 is 0 Å². The Hall–Kier alpha value is -3.00. The van der Waals surface area contributed by atoms with Gasteiger partial charge in [0.1, 0.15) is 23.8 Å². The molecule has 8 heteroatoms. The summed E-state index contributed by atoms with van der Waals surface area (Å²) in [5.74, 6) is -0.107. The van der Waals surface area contributed by atoms with E-state index in [4.69, 9.17) is 9.84 Å². The fourth-order valence-corrected chi connectivity index (χ4v) is 3.21. The Morgan fingerprint density at radius 1 is 1.33 bits per heavy atom. The van der Waals surface area contributed by atoms with Gasteiger partial charge in [-0.3, -0.25) is 14.6 Å². The molecule has 2 N–H and O–H groups in total. The van der Waals surface area contributed by atoms with Crippen molar-refractivity contribution in [3.05, 3.63) is 47.5 Å². The highest BCUT2D eigenvalue weighted by molar-refractivity contribution is 5.93. The van der Waals surface area contributed by atoms with Gasteiger partial charge in [0.15, 0.2) is 6.29 Å². The average molecular weight is 371 g/mol. The molecule has 8 nitrogen and oxygen atoms in total. The number of nitrogens with zero attached hydrogens (tertiary/aromatic N) is 3. The lowest BCUT2D eigenvalue weighted by atomic mass is 10.2. The molecule has 1 atom stereocenters. The van der Waals surface area contributed by atoms with Gasteiger partial charge in [0.05, 0.1) is 17.3 Å². The number of aliphatic hydroxyl groups excluding tert-OH is 1. The standard InChI is InChI=1S/C19H21N3O5/c23-10-6-15-18(21-8-7-20-15)19(26)22-9-2-3-13(22)12-27-17-5-1-4-16(25)14(17)11-24/h1,4-5,7-8,11,13,23,25H,2-3,6,9-10,12H2/t13-/m0/s1. The molecule has 0 spiro atoms. The van der Waals surface area contributed by atoms with Gasteiger partial charge in [0, 0.05) is 32.0 Å². The Balaban J connectivity index is 1.74. The molecular weight excluding hydrogens is 350 g/mol. The molecule has 0 saturated carbocycles. The second-order valence-electron chi connectivity index (χ2n) is 6.24. The molecule has 0 bridgehead atoms. The van der Waals surface area contributed by atoms with Crippen LogP contribution < -0.4 is 4.74 Å². The molecule has 0 unspecified atom stereocenters. The van der Waals surface area contributed by atoms with E-state index in [9.17, 15) is 14.7 Å². The number of benzene rings is 1. The van der Waals surface area contributed by atoms with Crippen LogP contribution in [0.15, 0.2) is 30.6 Å². The van der Waals surface area contributed by atoms with Crippen molar-refractivity contribution in [1.29, 1.82) is 0 Å². The van der Waals surface area contributed by atoms with E-state index in [1.807, 2.05) is 0 Å². The minimum Gasteiger partial charge on any atom is -0.507 e. The van der Waals surface area contributed by atoms with Crippen LogP contribution in [0.3, 0.4) is 0 Å². The average Bonchev–Trinajstić information content (AvgIpc) is 3.15. The lowest BCUT2D eigenvalue weighted by molar-refractivity contribution is 0.0682. The summed E-state index contributed by atoms with van der Waals surface area (Å²) < 4.78 is 5.73. The first kappa shape index (κ1) is 18.8. The highest BCUT2D eigenvalue weighted by Gasteiger charge is 2.32. The number of aromatic hydroxyl groups is 1. The predicted octanol–water partition coefficient (Wildman–Crippen LogP) is 1.21. The van der Waals surface area contributed by atoms with E-state index in [0.29, 0.717) is 18.5 Å². The summed E-state index contributed by atoms with van der Waals surface area (Å²) in [6, 6.07) is 4.43. The third-order valence-corrected chi connectivity index (χ3v) is 4.56. The SMILES string of the molecule is O=Cc1c(O)cccc1OC[C@@H]1CCCN1C(=O)c1nccnc1CCO. The number of ether oxygens (including phenoxy) is 1. The Kier molecular flexibility index (Phi) is 5.97. The molecule has 1 amide bonds. The van der Waals surface area contributed by atoms with Gasteiger partial charge in [-0.05, 0) is 25.0 Å². The number of carbonyl (C=O) groups is 2. The van der Waals surface area contributed by atoms with E-state index in [2.05, 4.69) is 9.97 Å². The molecular formula is C19H21N3O5. The fourth-order valence-electron chi connectivity index (χ4n) is 3.21. The Morgan fingerprint density at radius 3 is 2.93 bits per heavy atom. The van der Waals surface area contributed by atoms with Crippen molar-refractivity contribution in [3.63, 3.8) is 0 Å². The molecule has 142 valence electrons. The number of hydrogen-bond acceptors (Lipinski definition) is 7. The molecule has 1 saturated heterocycles. The number of phenolic OH excluding ortho intramolecular Hbond substituents is 1. The lowest BCUT2D eigenvalue weighted by Gasteiger charge is -2.25. The van der Waals surface area contributed by atoms with E-state index in [1.54, 1.807) is 17.0 Å². The first-order valence-corrected chi connectivity index (χ1v) is 8.77. The van der Waals surface area contributed by atoms with Gasteiger partial charge < -0.3 is 19.8 Å². The van der Waals surface area contributed by atoms with Crippen LogP contribution in [0.25, 0.3) is 0 Å². The summed E-state index contributed by atoms with van der Waals surface area (Å²) in [7, 11) is 0. The molecule has 1 fully saturated rings. The zero-order valence-electron chi connectivity index (χ0n) is 14.7. The van der Waals surface area contributed by atoms with Gasteiger partial charge >= 0.3 is 0 Å². The maximum Gasteiger partial charge on any atom is 0.274 e. The third kappa shape index (κ3) is 4.06. The first-order valence-electron chi connectivity index (χ1n) is 8.77. The third-order valence-electron chi connectivity index (χ3n) is 4.56. The molecule has 1 aromatic heterocycles. The number of likely N-dealkylation sites (tertiary alicyclic amines) is 1. The highest BCUT2D eigenvalue weighted by Crippen LogP contribution is 2.27. The van der Waals surface area contributed by atoms with Crippen molar-refractivity contribution in [2.24, 2.45) is 0 Å². The summed E-state index contributed by atoms with van der Waals surface area (Å²) in [5, 5.41) is 18.9. The summed E-state index contributed by atoms with van der Waals surface area (Å²) in [4.78, 5) is 34.1. The Labute approximate surface area is 156 Å². The van der Waals surface area contributed by atoms with Crippen LogP contribution in [0, 0.1) is 0 Å². The molecule has 0 aliphatic carbocycles. The number of aromatic nitrogens is 2. The van der Waals surface area contributed by atoms with Crippen molar-refractivity contribution < 1.29 is 24.5 Å². The summed E-state index contributed by atoms with van der Waals surface area (Å²) in [6.45, 7) is 0.658. The molecule has 3 rings (SSSR count). The van der Waals surface area contributed by atoms with Crippen LogP contribution >= 0.6 is 0 Å². The van der Waals surface area contributed by atoms with E-state index < -0.39 is 0 Å². The topological polar surface area (TPSA) is 113 Å².